The Morgan fingerprint density at radius 1 is 1.32 bits per heavy atom. The minimum atomic E-state index is -0.831. The first-order valence-corrected chi connectivity index (χ1v) is 6.35. The molecule has 0 radical (unpaired) electrons. The summed E-state index contributed by atoms with van der Waals surface area (Å²) in [4.78, 5) is 24.3. The number of hydrogen-bond acceptors (Lipinski definition) is 3. The number of phenolic OH excluding ortho intramolecular Hbond substituents is 1. The number of aliphatic carboxylic acids is 1. The highest BCUT2D eigenvalue weighted by Gasteiger charge is 2.29. The molecule has 19 heavy (non-hydrogen) atoms. The van der Waals surface area contributed by atoms with Crippen LogP contribution in [-0.4, -0.2) is 40.1 Å². The number of phenols is 1. The molecule has 2 rings (SSSR count). The molecule has 1 unspecified atom stereocenters. The molecule has 0 aliphatic carbocycles. The van der Waals surface area contributed by atoms with Gasteiger partial charge in [0.25, 0.3) is 0 Å². The zero-order valence-corrected chi connectivity index (χ0v) is 10.6. The Bertz CT molecular complexity index is 469. The Hall–Kier alpha value is -2.04. The van der Waals surface area contributed by atoms with E-state index in [0.29, 0.717) is 32.4 Å². The Morgan fingerprint density at radius 3 is 2.63 bits per heavy atom. The maximum absolute atomic E-state index is 11.7. The number of carboxylic acid groups (broad SMARTS) is 1. The first kappa shape index (κ1) is 13.4. The van der Waals surface area contributed by atoms with E-state index in [1.54, 1.807) is 29.2 Å². The molecule has 1 saturated heterocycles. The molecule has 5 heteroatoms. The van der Waals surface area contributed by atoms with Gasteiger partial charge in [0.1, 0.15) is 5.75 Å². The molecule has 1 atom stereocenters. The third-order valence-electron chi connectivity index (χ3n) is 3.46. The van der Waals surface area contributed by atoms with Gasteiger partial charge in [0, 0.05) is 19.5 Å². The molecule has 1 amide bonds. The van der Waals surface area contributed by atoms with Crippen molar-refractivity contribution in [2.24, 2.45) is 5.92 Å². The molecule has 0 bridgehead atoms. The first-order chi connectivity index (χ1) is 9.06. The first-order valence-electron chi connectivity index (χ1n) is 6.35. The maximum Gasteiger partial charge on any atom is 0.308 e. The highest BCUT2D eigenvalue weighted by atomic mass is 16.4. The van der Waals surface area contributed by atoms with Crippen LogP contribution in [0.1, 0.15) is 18.4 Å². The largest absolute Gasteiger partial charge is 0.508 e. The van der Waals surface area contributed by atoms with Gasteiger partial charge in [-0.05, 0) is 30.5 Å². The van der Waals surface area contributed by atoms with Gasteiger partial charge in [-0.15, -0.1) is 0 Å². The van der Waals surface area contributed by atoms with E-state index in [2.05, 4.69) is 0 Å². The number of rotatable bonds is 4. The lowest BCUT2D eigenvalue weighted by Gasteiger charge is -2.30. The van der Waals surface area contributed by atoms with E-state index < -0.39 is 11.9 Å². The zero-order chi connectivity index (χ0) is 13.8. The van der Waals surface area contributed by atoms with Crippen LogP contribution in [0.15, 0.2) is 24.3 Å². The lowest BCUT2D eigenvalue weighted by Crippen LogP contribution is -2.43. The molecule has 1 heterocycles. The summed E-state index contributed by atoms with van der Waals surface area (Å²) in [6, 6.07) is 6.82. The third-order valence-corrected chi connectivity index (χ3v) is 3.46. The predicted molar refractivity (Wildman–Crippen MR) is 68.8 cm³/mol. The lowest BCUT2D eigenvalue weighted by atomic mass is 9.97. The molecule has 1 aliphatic heterocycles. The average molecular weight is 263 g/mol. The van der Waals surface area contributed by atoms with Crippen molar-refractivity contribution >= 4 is 11.9 Å². The van der Waals surface area contributed by atoms with Crippen molar-refractivity contribution in [3.63, 3.8) is 0 Å². The van der Waals surface area contributed by atoms with E-state index in [4.69, 9.17) is 5.11 Å². The molecular formula is C14H17NO4. The van der Waals surface area contributed by atoms with Crippen molar-refractivity contribution in [1.29, 1.82) is 0 Å². The molecule has 2 N–H and O–H groups in total. The Kier molecular flexibility index (Phi) is 4.04. The highest BCUT2D eigenvalue weighted by Crippen LogP contribution is 2.18. The number of hydrogen-bond donors (Lipinski definition) is 2. The summed E-state index contributed by atoms with van der Waals surface area (Å²) in [5.41, 5.74) is 1.02. The maximum atomic E-state index is 11.7. The Labute approximate surface area is 111 Å². The van der Waals surface area contributed by atoms with Crippen LogP contribution in [0.25, 0.3) is 0 Å². The van der Waals surface area contributed by atoms with Crippen LogP contribution in [0.5, 0.6) is 5.75 Å². The second kappa shape index (κ2) is 5.73. The average Bonchev–Trinajstić information content (AvgIpc) is 2.39. The number of benzene rings is 1. The van der Waals surface area contributed by atoms with Crippen LogP contribution in [0, 0.1) is 5.92 Å². The smallest absolute Gasteiger partial charge is 0.308 e. The highest BCUT2D eigenvalue weighted by molar-refractivity contribution is 5.80. The molecule has 1 fully saturated rings. The van der Waals surface area contributed by atoms with E-state index in [0.717, 1.165) is 5.56 Å². The van der Waals surface area contributed by atoms with Crippen molar-refractivity contribution in [3.8, 4) is 5.75 Å². The van der Waals surface area contributed by atoms with Crippen LogP contribution in [0.3, 0.4) is 0 Å². The van der Waals surface area contributed by atoms with E-state index in [-0.39, 0.29) is 11.7 Å². The third kappa shape index (κ3) is 3.47. The van der Waals surface area contributed by atoms with Crippen molar-refractivity contribution in [1.82, 2.24) is 4.90 Å². The standard InChI is InChI=1S/C14H17NO4/c16-12-4-1-10(2-5-12)7-8-15-9-11(14(18)19)3-6-13(15)17/h1-2,4-5,11,16H,3,6-9H2,(H,18,19). The van der Waals surface area contributed by atoms with Crippen molar-refractivity contribution in [3.05, 3.63) is 29.8 Å². The summed E-state index contributed by atoms with van der Waals surface area (Å²) in [5, 5.41) is 18.2. The molecule has 5 nitrogen and oxygen atoms in total. The van der Waals surface area contributed by atoms with E-state index in [1.165, 1.54) is 0 Å². The number of aromatic hydroxyl groups is 1. The number of amides is 1. The summed E-state index contributed by atoms with van der Waals surface area (Å²) < 4.78 is 0. The van der Waals surface area contributed by atoms with Crippen molar-refractivity contribution < 1.29 is 19.8 Å². The second-order valence-electron chi connectivity index (χ2n) is 4.83. The van der Waals surface area contributed by atoms with Crippen molar-refractivity contribution in [2.75, 3.05) is 13.1 Å². The number of nitrogens with zero attached hydrogens (tertiary/aromatic N) is 1. The second-order valence-corrected chi connectivity index (χ2v) is 4.83. The molecule has 0 spiro atoms. The lowest BCUT2D eigenvalue weighted by molar-refractivity contribution is -0.147. The molecule has 0 aromatic heterocycles. The molecule has 1 aromatic rings. The quantitative estimate of drug-likeness (QED) is 0.857. The number of likely N-dealkylation sites (tertiary alicyclic amines) is 1. The predicted octanol–water partition coefficient (Wildman–Crippen LogP) is 1.26. The number of carbonyl (C=O) groups excluding carboxylic acids is 1. The van der Waals surface area contributed by atoms with Crippen LogP contribution in [0.4, 0.5) is 0 Å². The van der Waals surface area contributed by atoms with Gasteiger partial charge in [-0.3, -0.25) is 9.59 Å². The zero-order valence-electron chi connectivity index (χ0n) is 10.6. The SMILES string of the molecule is O=C(O)C1CCC(=O)N(CCc2ccc(O)cc2)C1. The fourth-order valence-electron chi connectivity index (χ4n) is 2.26. The molecule has 1 aliphatic rings. The van der Waals surface area contributed by atoms with E-state index >= 15 is 0 Å². The fourth-order valence-corrected chi connectivity index (χ4v) is 2.26. The molecule has 0 saturated carbocycles. The summed E-state index contributed by atoms with van der Waals surface area (Å²) in [5.74, 6) is -1.04. The monoisotopic (exact) mass is 263 g/mol. The molecule has 102 valence electrons. The van der Waals surface area contributed by atoms with Gasteiger partial charge in [0.15, 0.2) is 0 Å². The van der Waals surface area contributed by atoms with Gasteiger partial charge < -0.3 is 15.1 Å². The molecular weight excluding hydrogens is 246 g/mol. The van der Waals surface area contributed by atoms with Crippen LogP contribution < -0.4 is 0 Å². The number of carbonyl (C=O) groups is 2. The Balaban J connectivity index is 1.92. The summed E-state index contributed by atoms with van der Waals surface area (Å²) >= 11 is 0. The van der Waals surface area contributed by atoms with Crippen LogP contribution in [-0.2, 0) is 16.0 Å². The van der Waals surface area contributed by atoms with Gasteiger partial charge in [0.2, 0.25) is 5.91 Å². The summed E-state index contributed by atoms with van der Waals surface area (Å²) in [6.07, 6.45) is 1.41. The van der Waals surface area contributed by atoms with Crippen LogP contribution >= 0.6 is 0 Å². The minimum absolute atomic E-state index is 0.0243. The molecule has 1 aromatic carbocycles. The van der Waals surface area contributed by atoms with Gasteiger partial charge in [-0.1, -0.05) is 12.1 Å². The number of carboxylic acids is 1. The van der Waals surface area contributed by atoms with Gasteiger partial charge in [-0.2, -0.15) is 0 Å². The van der Waals surface area contributed by atoms with Crippen molar-refractivity contribution in [2.45, 2.75) is 19.3 Å². The van der Waals surface area contributed by atoms with E-state index in [1.807, 2.05) is 0 Å². The van der Waals surface area contributed by atoms with Crippen LogP contribution in [0.2, 0.25) is 0 Å². The summed E-state index contributed by atoms with van der Waals surface area (Å²) in [7, 11) is 0. The summed E-state index contributed by atoms with van der Waals surface area (Å²) in [6.45, 7) is 0.819. The van der Waals surface area contributed by atoms with Gasteiger partial charge in [-0.25, -0.2) is 0 Å². The number of piperidine rings is 1. The van der Waals surface area contributed by atoms with Gasteiger partial charge >= 0.3 is 5.97 Å². The van der Waals surface area contributed by atoms with Gasteiger partial charge in [0.05, 0.1) is 5.92 Å². The topological polar surface area (TPSA) is 77.8 Å². The Morgan fingerprint density at radius 2 is 2.00 bits per heavy atom. The normalized spacial score (nSPS) is 19.5. The fraction of sp³-hybridized carbons (Fsp3) is 0.429. The van der Waals surface area contributed by atoms with E-state index in [9.17, 15) is 14.7 Å². The minimum Gasteiger partial charge on any atom is -0.508 e.